The van der Waals surface area contributed by atoms with Crippen molar-refractivity contribution < 1.29 is 4.79 Å². The van der Waals surface area contributed by atoms with Crippen molar-refractivity contribution in [3.05, 3.63) is 10.9 Å². The summed E-state index contributed by atoms with van der Waals surface area (Å²) in [6.07, 6.45) is 0.938. The van der Waals surface area contributed by atoms with Crippen molar-refractivity contribution >= 4 is 39.2 Å². The molecule has 1 amide bonds. The van der Waals surface area contributed by atoms with Gasteiger partial charge in [0, 0.05) is 18.5 Å². The Kier molecular flexibility index (Phi) is 4.62. The maximum Gasteiger partial charge on any atom is 0.244 e. The van der Waals surface area contributed by atoms with E-state index < -0.39 is 0 Å². The van der Waals surface area contributed by atoms with Crippen LogP contribution in [0.4, 0.5) is 11.8 Å². The minimum absolute atomic E-state index is 0.0220. The van der Waals surface area contributed by atoms with Gasteiger partial charge in [0.25, 0.3) is 0 Å². The zero-order valence-electron chi connectivity index (χ0n) is 12.8. The fourth-order valence-corrected chi connectivity index (χ4v) is 3.00. The number of hydrogen-bond donors (Lipinski definition) is 2. The minimum atomic E-state index is -0.363. The van der Waals surface area contributed by atoms with Crippen molar-refractivity contribution in [2.24, 2.45) is 0 Å². The normalized spacial score (nSPS) is 12.4. The summed E-state index contributed by atoms with van der Waals surface area (Å²) in [6, 6.07) is 1.69. The summed E-state index contributed by atoms with van der Waals surface area (Å²) in [5.74, 6) is 0.866. The highest BCUT2D eigenvalue weighted by Crippen LogP contribution is 2.30. The molecule has 0 saturated heterocycles. The first-order valence-corrected chi connectivity index (χ1v) is 7.85. The molecule has 2 aromatic heterocycles. The van der Waals surface area contributed by atoms with E-state index in [2.05, 4.69) is 28.3 Å². The maximum absolute atomic E-state index is 12.2. The molecule has 0 radical (unpaired) electrons. The van der Waals surface area contributed by atoms with E-state index in [1.807, 2.05) is 13.8 Å². The van der Waals surface area contributed by atoms with Gasteiger partial charge >= 0.3 is 0 Å². The van der Waals surface area contributed by atoms with Crippen LogP contribution < -0.4 is 11.1 Å². The molecule has 2 heterocycles. The predicted molar refractivity (Wildman–Crippen MR) is 87.6 cm³/mol. The van der Waals surface area contributed by atoms with E-state index in [1.54, 1.807) is 23.3 Å². The number of rotatable bonds is 5. The summed E-state index contributed by atoms with van der Waals surface area (Å²) in [5.41, 5.74) is 5.76. The summed E-state index contributed by atoms with van der Waals surface area (Å²) < 4.78 is 0. The van der Waals surface area contributed by atoms with Gasteiger partial charge in [-0.15, -0.1) is 11.3 Å². The number of fused-ring (bicyclic) bond motifs is 1. The first-order chi connectivity index (χ1) is 9.96. The quantitative estimate of drug-likeness (QED) is 0.884. The highest BCUT2D eigenvalue weighted by molar-refractivity contribution is 7.18. The number of aromatic nitrogens is 2. The first kappa shape index (κ1) is 15.5. The molecule has 0 aliphatic rings. The molecule has 0 aromatic carbocycles. The van der Waals surface area contributed by atoms with Gasteiger partial charge in [-0.3, -0.25) is 4.79 Å². The first-order valence-electron chi connectivity index (χ1n) is 7.03. The number of amides is 1. The van der Waals surface area contributed by atoms with Crippen molar-refractivity contribution in [3.63, 3.8) is 0 Å². The third-order valence-corrected chi connectivity index (χ3v) is 4.56. The standard InChI is InChI=1S/C14H21N5OS/c1-5-9-7-10-11(17-14(15)18-12(10)21-9)16-8(3)13(20)19(4)6-2/h7-8H,5-6H2,1-4H3,(H3,15,16,17,18). The number of thiophene rings is 1. The molecule has 114 valence electrons. The second-order valence-corrected chi connectivity index (χ2v) is 6.05. The molecule has 1 unspecified atom stereocenters. The molecule has 3 N–H and O–H groups in total. The van der Waals surface area contributed by atoms with Crippen LogP contribution >= 0.6 is 11.3 Å². The van der Waals surface area contributed by atoms with E-state index in [4.69, 9.17) is 5.73 Å². The van der Waals surface area contributed by atoms with Gasteiger partial charge in [0.15, 0.2) is 0 Å². The fourth-order valence-electron chi connectivity index (χ4n) is 2.03. The average molecular weight is 307 g/mol. The van der Waals surface area contributed by atoms with Crippen molar-refractivity contribution in [1.29, 1.82) is 0 Å². The Morgan fingerprint density at radius 3 is 2.81 bits per heavy atom. The number of nitrogens with zero attached hydrogens (tertiary/aromatic N) is 3. The van der Waals surface area contributed by atoms with Gasteiger partial charge in [-0.05, 0) is 26.3 Å². The van der Waals surface area contributed by atoms with Crippen molar-refractivity contribution in [2.75, 3.05) is 24.6 Å². The van der Waals surface area contributed by atoms with Crippen LogP contribution in [0, 0.1) is 0 Å². The second-order valence-electron chi connectivity index (χ2n) is 4.93. The zero-order valence-corrected chi connectivity index (χ0v) is 13.6. The molecule has 6 nitrogen and oxygen atoms in total. The molecule has 0 bridgehead atoms. The fraction of sp³-hybridized carbons (Fsp3) is 0.500. The number of nitrogen functional groups attached to an aromatic ring is 1. The van der Waals surface area contributed by atoms with Crippen molar-refractivity contribution in [3.8, 4) is 0 Å². The third kappa shape index (κ3) is 3.24. The van der Waals surface area contributed by atoms with Crippen LogP contribution in [0.2, 0.25) is 0 Å². The number of nitrogens with two attached hydrogens (primary N) is 1. The number of nitrogens with one attached hydrogen (secondary N) is 1. The van der Waals surface area contributed by atoms with Crippen molar-refractivity contribution in [1.82, 2.24) is 14.9 Å². The van der Waals surface area contributed by atoms with Crippen LogP contribution in [-0.4, -0.2) is 40.4 Å². The summed E-state index contributed by atoms with van der Waals surface area (Å²) >= 11 is 1.61. The van der Waals surface area contributed by atoms with Crippen LogP contribution in [0.3, 0.4) is 0 Å². The van der Waals surface area contributed by atoms with Crippen molar-refractivity contribution in [2.45, 2.75) is 33.2 Å². The number of carbonyl (C=O) groups is 1. The molecule has 0 fully saturated rings. The van der Waals surface area contributed by atoms with Gasteiger partial charge in [-0.2, -0.15) is 4.98 Å². The lowest BCUT2D eigenvalue weighted by molar-refractivity contribution is -0.130. The number of anilines is 2. The van der Waals surface area contributed by atoms with Gasteiger partial charge in [-0.1, -0.05) is 6.92 Å². The lowest BCUT2D eigenvalue weighted by Crippen LogP contribution is -2.39. The Hall–Kier alpha value is -1.89. The topological polar surface area (TPSA) is 84.1 Å². The Labute approximate surface area is 128 Å². The number of aryl methyl sites for hydroxylation is 1. The van der Waals surface area contributed by atoms with Crippen LogP contribution in [0.5, 0.6) is 0 Å². The van der Waals surface area contributed by atoms with Gasteiger partial charge in [-0.25, -0.2) is 4.98 Å². The smallest absolute Gasteiger partial charge is 0.244 e. The number of hydrogen-bond acceptors (Lipinski definition) is 6. The summed E-state index contributed by atoms with van der Waals surface area (Å²) in [4.78, 5) is 24.4. The number of carbonyl (C=O) groups excluding carboxylic acids is 1. The Bertz CT molecular complexity index is 654. The minimum Gasteiger partial charge on any atom is -0.368 e. The van der Waals surface area contributed by atoms with Crippen LogP contribution in [0.25, 0.3) is 10.2 Å². The van der Waals surface area contributed by atoms with E-state index in [9.17, 15) is 4.79 Å². The Morgan fingerprint density at radius 1 is 1.48 bits per heavy atom. The molecular weight excluding hydrogens is 286 g/mol. The number of likely N-dealkylation sites (N-methyl/N-ethyl adjacent to an activating group) is 1. The van der Waals surface area contributed by atoms with Crippen LogP contribution in [0.15, 0.2) is 6.07 Å². The average Bonchev–Trinajstić information content (AvgIpc) is 2.88. The summed E-state index contributed by atoms with van der Waals surface area (Å²) in [6.45, 7) is 6.53. The second kappa shape index (κ2) is 6.26. The largest absolute Gasteiger partial charge is 0.368 e. The maximum atomic E-state index is 12.2. The van der Waals surface area contributed by atoms with Gasteiger partial charge in [0.1, 0.15) is 16.7 Å². The summed E-state index contributed by atoms with van der Waals surface area (Å²) in [5, 5.41) is 4.08. The lowest BCUT2D eigenvalue weighted by atomic mass is 10.2. The molecule has 2 rings (SSSR count). The SMILES string of the molecule is CCc1cc2c(NC(C)C(=O)N(C)CC)nc(N)nc2s1. The predicted octanol–water partition coefficient (Wildman–Crippen LogP) is 2.11. The lowest BCUT2D eigenvalue weighted by Gasteiger charge is -2.21. The molecule has 7 heteroatoms. The zero-order chi connectivity index (χ0) is 15.6. The van der Waals surface area contributed by atoms with E-state index in [-0.39, 0.29) is 17.9 Å². The highest BCUT2D eigenvalue weighted by atomic mass is 32.1. The molecule has 0 spiro atoms. The molecule has 0 aliphatic carbocycles. The molecule has 21 heavy (non-hydrogen) atoms. The molecule has 1 atom stereocenters. The van der Waals surface area contributed by atoms with Gasteiger partial charge in [0.05, 0.1) is 5.39 Å². The summed E-state index contributed by atoms with van der Waals surface area (Å²) in [7, 11) is 1.78. The van der Waals surface area contributed by atoms with E-state index >= 15 is 0 Å². The molecule has 0 aliphatic heterocycles. The van der Waals surface area contributed by atoms with Gasteiger partial charge < -0.3 is 16.0 Å². The van der Waals surface area contributed by atoms with Gasteiger partial charge in [0.2, 0.25) is 11.9 Å². The monoisotopic (exact) mass is 307 g/mol. The highest BCUT2D eigenvalue weighted by Gasteiger charge is 2.19. The van der Waals surface area contributed by atoms with Crippen LogP contribution in [0.1, 0.15) is 25.6 Å². The van der Waals surface area contributed by atoms with E-state index in [1.165, 1.54) is 4.88 Å². The van der Waals surface area contributed by atoms with E-state index in [0.717, 1.165) is 16.6 Å². The van der Waals surface area contributed by atoms with E-state index in [0.29, 0.717) is 12.4 Å². The molecule has 2 aromatic rings. The molecule has 0 saturated carbocycles. The Balaban J connectivity index is 2.33. The molecular formula is C14H21N5OS. The Morgan fingerprint density at radius 2 is 2.19 bits per heavy atom. The van der Waals surface area contributed by atoms with Crippen LogP contribution in [-0.2, 0) is 11.2 Å². The third-order valence-electron chi connectivity index (χ3n) is 3.38.